The van der Waals surface area contributed by atoms with E-state index in [0.29, 0.717) is 31.3 Å². The average molecular weight is 649 g/mol. The van der Waals surface area contributed by atoms with Crippen molar-refractivity contribution < 1.29 is 49.7 Å². The molecule has 13 atom stereocenters. The smallest absolute Gasteiger partial charge is 0.330 e. The van der Waals surface area contributed by atoms with Gasteiger partial charge in [-0.1, -0.05) is 53.2 Å². The predicted molar refractivity (Wildman–Crippen MR) is 169 cm³/mol. The minimum absolute atomic E-state index is 0.0590. The van der Waals surface area contributed by atoms with Crippen LogP contribution in [0.5, 0.6) is 0 Å². The highest BCUT2D eigenvalue weighted by molar-refractivity contribution is 5.99. The van der Waals surface area contributed by atoms with E-state index in [-0.39, 0.29) is 29.0 Å². The van der Waals surface area contributed by atoms with E-state index in [1.165, 1.54) is 0 Å². The number of aliphatic hydroxyl groups excluding tert-OH is 5. The van der Waals surface area contributed by atoms with Gasteiger partial charge in [-0.3, -0.25) is 4.79 Å². The first-order valence-electron chi connectivity index (χ1n) is 17.2. The Kier molecular flexibility index (Phi) is 9.56. The van der Waals surface area contributed by atoms with Crippen molar-refractivity contribution in [2.45, 2.75) is 143 Å². The number of carbonyl (C=O) groups excluding carboxylic acids is 1. The second-order valence-electron chi connectivity index (χ2n) is 16.4. The summed E-state index contributed by atoms with van der Waals surface area (Å²) < 4.78 is 12.7. The first kappa shape index (κ1) is 35.6. The van der Waals surface area contributed by atoms with Crippen LogP contribution < -0.4 is 0 Å². The van der Waals surface area contributed by atoms with Gasteiger partial charge in [0.05, 0.1) is 18.8 Å². The van der Waals surface area contributed by atoms with Crippen molar-refractivity contribution in [2.24, 2.45) is 39.4 Å². The summed E-state index contributed by atoms with van der Waals surface area (Å²) in [6, 6.07) is 0. The highest BCUT2D eigenvalue weighted by atomic mass is 16.7. The van der Waals surface area contributed by atoms with Gasteiger partial charge in [0.15, 0.2) is 12.1 Å². The molecule has 0 bridgehead atoms. The van der Waals surface area contributed by atoms with Crippen LogP contribution in [0.15, 0.2) is 22.8 Å². The Hall–Kier alpha value is -1.66. The van der Waals surface area contributed by atoms with E-state index in [1.807, 2.05) is 0 Å². The molecule has 46 heavy (non-hydrogen) atoms. The van der Waals surface area contributed by atoms with Gasteiger partial charge in [0.1, 0.15) is 24.4 Å². The van der Waals surface area contributed by atoms with Crippen LogP contribution in [0, 0.1) is 39.4 Å². The average Bonchev–Trinajstić information content (AvgIpc) is 3.28. The van der Waals surface area contributed by atoms with E-state index < -0.39 is 71.7 Å². The van der Waals surface area contributed by atoms with Gasteiger partial charge in [-0.15, -0.1) is 0 Å². The predicted octanol–water partition coefficient (Wildman–Crippen LogP) is 3.52. The van der Waals surface area contributed by atoms with E-state index in [9.17, 15) is 40.2 Å². The molecule has 4 aliphatic carbocycles. The molecule has 260 valence electrons. The number of hydrogen-bond acceptors (Lipinski definition) is 9. The summed E-state index contributed by atoms with van der Waals surface area (Å²) >= 11 is 0. The molecule has 1 unspecified atom stereocenters. The van der Waals surface area contributed by atoms with Gasteiger partial charge in [-0.25, -0.2) is 4.79 Å². The molecule has 1 saturated heterocycles. The second-order valence-corrected chi connectivity index (χ2v) is 16.4. The van der Waals surface area contributed by atoms with Crippen molar-refractivity contribution in [3.05, 3.63) is 22.8 Å². The first-order valence-corrected chi connectivity index (χ1v) is 17.2. The third-order valence-corrected chi connectivity index (χ3v) is 13.9. The normalized spacial score (nSPS) is 46.4. The lowest BCUT2D eigenvalue weighted by molar-refractivity contribution is -0.325. The minimum Gasteiger partial charge on any atom is -0.478 e. The molecular weight excluding hydrogens is 592 g/mol. The Balaban J connectivity index is 1.59. The number of aliphatic carboxylic acids is 1. The Bertz CT molecular complexity index is 1270. The molecule has 10 heteroatoms. The third kappa shape index (κ3) is 5.26. The van der Waals surface area contributed by atoms with Crippen LogP contribution in [-0.4, -0.2) is 91.9 Å². The molecule has 10 nitrogen and oxygen atoms in total. The SMILES string of the molecule is C/C(=C/CC[C@@H](C)[C@H]1CC[C@@]2(C)C3=C(C[C@@H](OC4O[C@@H](CO)[C@H](O)[C@@H](O)[C@@H]4O)[C@]12C)[C@@]1(C)CC[C@@H](O)C(C)(C)[C@@H]1CC3=O)C(=O)O. The van der Waals surface area contributed by atoms with E-state index in [1.54, 1.807) is 13.0 Å². The molecule has 6 N–H and O–H groups in total. The van der Waals surface area contributed by atoms with E-state index in [4.69, 9.17) is 9.47 Å². The number of carboxylic acids is 1. The number of Topliss-reactive ketones (excluding diaryl/α,β-unsaturated/α-hetero) is 1. The van der Waals surface area contributed by atoms with Crippen LogP contribution in [0.4, 0.5) is 0 Å². The number of ketones is 1. The Morgan fingerprint density at radius 3 is 2.33 bits per heavy atom. The third-order valence-electron chi connectivity index (χ3n) is 13.9. The van der Waals surface area contributed by atoms with Gasteiger partial charge in [0.2, 0.25) is 0 Å². The molecule has 0 aromatic heterocycles. The highest BCUT2D eigenvalue weighted by Gasteiger charge is 2.69. The zero-order valence-corrected chi connectivity index (χ0v) is 28.5. The summed E-state index contributed by atoms with van der Waals surface area (Å²) in [6.07, 6.45) is -1.25. The molecule has 0 amide bonds. The molecule has 3 fully saturated rings. The van der Waals surface area contributed by atoms with Crippen molar-refractivity contribution in [3.8, 4) is 0 Å². The van der Waals surface area contributed by atoms with E-state index >= 15 is 0 Å². The number of carbonyl (C=O) groups is 2. The van der Waals surface area contributed by atoms with Crippen LogP contribution in [0.3, 0.4) is 0 Å². The summed E-state index contributed by atoms with van der Waals surface area (Å²) in [7, 11) is 0. The van der Waals surface area contributed by atoms with Crippen molar-refractivity contribution >= 4 is 11.8 Å². The van der Waals surface area contributed by atoms with Gasteiger partial charge in [0.25, 0.3) is 0 Å². The number of allylic oxidation sites excluding steroid dienone is 2. The molecule has 0 radical (unpaired) electrons. The molecule has 0 aromatic rings. The van der Waals surface area contributed by atoms with Gasteiger partial charge in [-0.05, 0) is 80.5 Å². The number of rotatable bonds is 8. The number of carboxylic acid groups (broad SMARTS) is 1. The van der Waals surface area contributed by atoms with Crippen molar-refractivity contribution in [2.75, 3.05) is 6.61 Å². The van der Waals surface area contributed by atoms with E-state index in [0.717, 1.165) is 36.8 Å². The lowest BCUT2D eigenvalue weighted by atomic mass is 9.42. The largest absolute Gasteiger partial charge is 0.478 e. The standard InChI is InChI=1S/C36H56O10/c1-18(9-8-10-19(2)31(43)44)20-11-14-35(6)27-21(34(5)13-12-25(39)33(3,4)24(34)16-22(27)38)15-26(36(20,35)7)46-32-30(42)29(41)28(40)23(17-37)45-32/h10,18,20,23-26,28-30,32,37,39-42H,8-9,11-17H2,1-7H3,(H,43,44)/b19-10-/t18-,20-,23+,24+,25-,26-,28+,29-,30+,32?,34-,35+,36+/m1/s1. The number of hydrogen-bond donors (Lipinski definition) is 6. The monoisotopic (exact) mass is 648 g/mol. The van der Waals surface area contributed by atoms with Crippen LogP contribution >= 0.6 is 0 Å². The first-order chi connectivity index (χ1) is 21.4. The zero-order valence-electron chi connectivity index (χ0n) is 28.5. The van der Waals surface area contributed by atoms with Crippen molar-refractivity contribution in [3.63, 3.8) is 0 Å². The Labute approximate surface area is 272 Å². The van der Waals surface area contributed by atoms with Crippen molar-refractivity contribution in [1.29, 1.82) is 0 Å². The molecule has 1 heterocycles. The van der Waals surface area contributed by atoms with E-state index in [2.05, 4.69) is 41.5 Å². The lowest BCUT2D eigenvalue weighted by Crippen LogP contribution is -2.63. The number of aliphatic hydroxyl groups is 5. The number of fused-ring (bicyclic) bond motifs is 4. The fraction of sp³-hybridized carbons (Fsp3) is 0.833. The summed E-state index contributed by atoms with van der Waals surface area (Å²) in [6.45, 7) is 13.9. The Morgan fingerprint density at radius 2 is 1.70 bits per heavy atom. The Morgan fingerprint density at radius 1 is 1.02 bits per heavy atom. The lowest BCUT2D eigenvalue weighted by Gasteiger charge is -2.63. The fourth-order valence-electron chi connectivity index (χ4n) is 10.7. The summed E-state index contributed by atoms with van der Waals surface area (Å²) in [4.78, 5) is 25.8. The summed E-state index contributed by atoms with van der Waals surface area (Å²) in [5.74, 6) is -0.625. The maximum Gasteiger partial charge on any atom is 0.330 e. The fourth-order valence-corrected chi connectivity index (χ4v) is 10.7. The topological polar surface area (TPSA) is 174 Å². The molecular formula is C36H56O10. The quantitative estimate of drug-likeness (QED) is 0.214. The molecule has 5 rings (SSSR count). The van der Waals surface area contributed by atoms with Crippen LogP contribution in [-0.2, 0) is 19.1 Å². The molecule has 5 aliphatic rings. The zero-order chi connectivity index (χ0) is 34.1. The van der Waals surface area contributed by atoms with Gasteiger partial charge >= 0.3 is 5.97 Å². The minimum atomic E-state index is -1.57. The summed E-state index contributed by atoms with van der Waals surface area (Å²) in [5.41, 5.74) is 0.278. The molecule has 2 saturated carbocycles. The van der Waals surface area contributed by atoms with Crippen LogP contribution in [0.1, 0.15) is 99.8 Å². The molecule has 1 aliphatic heterocycles. The molecule has 0 aromatic carbocycles. The van der Waals surface area contributed by atoms with Crippen LogP contribution in [0.25, 0.3) is 0 Å². The maximum atomic E-state index is 14.4. The second kappa shape index (κ2) is 12.3. The summed E-state index contributed by atoms with van der Waals surface area (Å²) in [5, 5.41) is 62.4. The van der Waals surface area contributed by atoms with Crippen LogP contribution in [0.2, 0.25) is 0 Å². The van der Waals surface area contributed by atoms with Gasteiger partial charge < -0.3 is 40.1 Å². The van der Waals surface area contributed by atoms with Crippen molar-refractivity contribution in [1.82, 2.24) is 0 Å². The maximum absolute atomic E-state index is 14.4. The number of ether oxygens (including phenoxy) is 2. The van der Waals surface area contributed by atoms with Gasteiger partial charge in [-0.2, -0.15) is 0 Å². The highest BCUT2D eigenvalue weighted by Crippen LogP contribution is 2.72. The van der Waals surface area contributed by atoms with Gasteiger partial charge in [0, 0.05) is 28.4 Å². The molecule has 0 spiro atoms.